The molecule has 8 aromatic carbocycles. The number of benzene rings is 8. The smallest absolute Gasteiger partial charge is 0.125 e. The summed E-state index contributed by atoms with van der Waals surface area (Å²) < 4.78 is 0. The molecule has 0 amide bonds. The first-order valence-electron chi connectivity index (χ1n) is 37.3. The lowest BCUT2D eigenvalue weighted by Gasteiger charge is -2.63. The quantitative estimate of drug-likeness (QED) is 0.0578. The Morgan fingerprint density at radius 3 is 0.723 bits per heavy atom. The van der Waals surface area contributed by atoms with Crippen LogP contribution >= 0.6 is 0 Å². The van der Waals surface area contributed by atoms with Crippen molar-refractivity contribution in [2.24, 2.45) is 11.8 Å². The molecule has 0 unspecified atom stereocenters. The van der Waals surface area contributed by atoms with Gasteiger partial charge < -0.3 is 0 Å². The molecule has 94 heavy (non-hydrogen) atoms. The Morgan fingerprint density at radius 1 is 0.277 bits per heavy atom. The Morgan fingerprint density at radius 2 is 0.500 bits per heavy atom. The zero-order chi connectivity index (χ0) is 68.1. The highest BCUT2D eigenvalue weighted by atomic mass is 28.3. The van der Waals surface area contributed by atoms with Gasteiger partial charge in [-0.1, -0.05) is 275 Å². The van der Waals surface area contributed by atoms with Crippen LogP contribution in [0.1, 0.15) is 238 Å². The molecule has 4 bridgehead atoms. The summed E-state index contributed by atoms with van der Waals surface area (Å²) in [5.41, 5.74) is 31.5. The van der Waals surface area contributed by atoms with E-state index in [0.717, 1.165) is 0 Å². The van der Waals surface area contributed by atoms with Crippen LogP contribution < -0.4 is 0 Å². The highest BCUT2D eigenvalue weighted by molar-refractivity contribution is 6.92. The van der Waals surface area contributed by atoms with Crippen molar-refractivity contribution >= 4 is 96.9 Å². The second kappa shape index (κ2) is 26.0. The highest BCUT2D eigenvalue weighted by Crippen LogP contribution is 2.67. The molecule has 0 spiro atoms. The highest BCUT2D eigenvalue weighted by Gasteiger charge is 2.59. The molecule has 492 valence electrons. The minimum absolute atomic E-state index is 0.110. The molecule has 4 aliphatic rings. The lowest BCUT2D eigenvalue weighted by atomic mass is 9.41. The van der Waals surface area contributed by atoms with Crippen LogP contribution in [-0.4, -0.2) is 32.3 Å². The van der Waals surface area contributed by atoms with Crippen LogP contribution in [0.5, 0.6) is 0 Å². The van der Waals surface area contributed by atoms with E-state index in [4.69, 9.17) is 0 Å². The van der Waals surface area contributed by atoms with Gasteiger partial charge in [0.05, 0.1) is 0 Å². The van der Waals surface area contributed by atoms with Gasteiger partial charge in [-0.05, 0) is 228 Å². The predicted octanol–water partition coefficient (Wildman–Crippen LogP) is 26.7. The first-order chi connectivity index (χ1) is 44.3. The van der Waals surface area contributed by atoms with Crippen molar-refractivity contribution in [3.05, 3.63) is 143 Å². The van der Waals surface area contributed by atoms with Gasteiger partial charge in [-0.3, -0.25) is 0 Å². The molecule has 0 aromatic heterocycles. The average Bonchev–Trinajstić information content (AvgIpc) is 0.705. The summed E-state index contributed by atoms with van der Waals surface area (Å²) in [6.07, 6.45) is 7.69. The maximum Gasteiger partial charge on any atom is 0.146 e. The number of fused-ring (bicyclic) bond motifs is 6. The summed E-state index contributed by atoms with van der Waals surface area (Å²) in [4.78, 5) is 0. The van der Waals surface area contributed by atoms with Gasteiger partial charge in [-0.2, -0.15) is 0 Å². The van der Waals surface area contributed by atoms with Gasteiger partial charge in [0.1, 0.15) is 32.3 Å². The van der Waals surface area contributed by atoms with E-state index in [1.54, 1.807) is 11.1 Å². The van der Waals surface area contributed by atoms with Crippen molar-refractivity contribution in [3.8, 4) is 45.9 Å². The summed E-state index contributed by atoms with van der Waals surface area (Å²) in [7, 11) is -8.31. The molecule has 8 aromatic rings. The summed E-state index contributed by atoms with van der Waals surface area (Å²) in [5, 5.41) is 15.4. The maximum atomic E-state index is 4.25. The van der Waals surface area contributed by atoms with Gasteiger partial charge >= 0.3 is 0 Å². The maximum absolute atomic E-state index is 4.25. The number of hydrogen-bond acceptors (Lipinski definition) is 0. The Hall–Kier alpha value is -5.57. The molecular weight excluding hydrogens is 1190 g/mol. The zero-order valence-electron chi connectivity index (χ0n) is 62.7. The number of rotatable bonds is 14. The van der Waals surface area contributed by atoms with Gasteiger partial charge in [0.2, 0.25) is 0 Å². The molecule has 0 N–H and O–H groups in total. The standard InChI is InChI=1S/C90H116Si4/c1-57(2)91(58(3)4,59(5)6)41-37-81-77-29-25-27-31-79(77)83(39-43-93(63(13)14,64(15)16)65(17)18)87-50-73-46-75(35-33-71(73)48-85(81)87)89-52-69-45-70(53-89)55-90(54-69,56-89)76-36-34-72-49-86-82(38-42-92(60(7)8,61(9)10)62(11)12)78-30-26-28-32-80(78)84(88(86)51-74(72)47-76)40-44-94(66(19)20,67(21)22)68(23)24/h25-36,46-51,57-70H,45,52-56H2,1-24H3. The summed E-state index contributed by atoms with van der Waals surface area (Å²) in [6, 6.07) is 44.1. The molecule has 0 radical (unpaired) electrons. The Kier molecular flexibility index (Phi) is 19.3. The average molecular weight is 1310 g/mol. The van der Waals surface area contributed by atoms with Crippen LogP contribution in [0, 0.1) is 57.7 Å². The third-order valence-electron chi connectivity index (χ3n) is 26.3. The predicted molar refractivity (Wildman–Crippen MR) is 428 cm³/mol. The van der Waals surface area contributed by atoms with Crippen molar-refractivity contribution in [3.63, 3.8) is 0 Å². The Labute approximate surface area is 575 Å². The van der Waals surface area contributed by atoms with Crippen molar-refractivity contribution in [2.45, 2.75) is 282 Å². The van der Waals surface area contributed by atoms with Crippen LogP contribution in [0.15, 0.2) is 109 Å². The molecule has 4 heteroatoms. The Bertz CT molecular complexity index is 4120. The fraction of sp³-hybridized carbons (Fsp3) is 0.511. The zero-order valence-corrected chi connectivity index (χ0v) is 66.7. The van der Waals surface area contributed by atoms with Crippen molar-refractivity contribution in [1.82, 2.24) is 0 Å². The minimum atomic E-state index is -2.09. The molecule has 0 aliphatic heterocycles. The van der Waals surface area contributed by atoms with E-state index in [2.05, 4.69) is 321 Å². The van der Waals surface area contributed by atoms with Crippen LogP contribution in [0.4, 0.5) is 0 Å². The van der Waals surface area contributed by atoms with E-state index in [9.17, 15) is 0 Å². The largest absolute Gasteiger partial charge is 0.146 e. The van der Waals surface area contributed by atoms with Crippen molar-refractivity contribution in [1.29, 1.82) is 0 Å². The summed E-state index contributed by atoms with van der Waals surface area (Å²) in [6.45, 7) is 58.7. The Balaban J connectivity index is 1.10. The normalized spacial score (nSPS) is 19.5. The molecule has 12 rings (SSSR count). The van der Waals surface area contributed by atoms with Gasteiger partial charge in [0.15, 0.2) is 0 Å². The first kappa shape index (κ1) is 69.8. The van der Waals surface area contributed by atoms with Crippen LogP contribution in [0.2, 0.25) is 66.5 Å². The third kappa shape index (κ3) is 11.3. The second-order valence-electron chi connectivity index (χ2n) is 34.6. The first-order valence-corrected chi connectivity index (χ1v) is 46.3. The van der Waals surface area contributed by atoms with Gasteiger partial charge in [-0.25, -0.2) is 0 Å². The molecule has 0 saturated heterocycles. The van der Waals surface area contributed by atoms with E-state index < -0.39 is 32.3 Å². The molecule has 4 fully saturated rings. The summed E-state index contributed by atoms with van der Waals surface area (Å²) >= 11 is 0. The monoisotopic (exact) mass is 1310 g/mol. The van der Waals surface area contributed by atoms with Gasteiger partial charge in [-0.15, -0.1) is 22.2 Å². The van der Waals surface area contributed by atoms with Gasteiger partial charge in [0, 0.05) is 22.3 Å². The van der Waals surface area contributed by atoms with Gasteiger partial charge in [0.25, 0.3) is 0 Å². The van der Waals surface area contributed by atoms with Crippen molar-refractivity contribution < 1.29 is 0 Å². The molecule has 0 heterocycles. The van der Waals surface area contributed by atoms with Crippen LogP contribution in [0.25, 0.3) is 64.6 Å². The SMILES string of the molecule is CC(C)[Si](C#Cc1c2ccccc2c(C#C[Si](C(C)C)(C(C)C)C(C)C)c2cc3cc(C45CC6CC(C4)CC(c4ccc7cc8c(C#C[Si](C(C)C)(C(C)C)C(C)C)c9ccccc9c(C#C[Si](C(C)C)(C(C)C)C(C)C)c8cc7c4)(C6)C5)ccc3cc12)(C(C)C)C(C)C. The number of hydrogen-bond donors (Lipinski definition) is 0. The lowest BCUT2D eigenvalue weighted by molar-refractivity contribution is -0.0280. The van der Waals surface area contributed by atoms with E-state index >= 15 is 0 Å². The molecule has 4 saturated carbocycles. The van der Waals surface area contributed by atoms with E-state index in [-0.39, 0.29) is 10.8 Å². The fourth-order valence-corrected chi connectivity index (χ4v) is 43.2. The molecule has 0 atom stereocenters. The molecule has 0 nitrogen and oxygen atoms in total. The minimum Gasteiger partial charge on any atom is -0.125 e. The summed E-state index contributed by atoms with van der Waals surface area (Å²) in [5.74, 6) is 17.9. The van der Waals surface area contributed by atoms with Crippen molar-refractivity contribution in [2.75, 3.05) is 0 Å². The van der Waals surface area contributed by atoms with E-state index in [1.165, 1.54) is 125 Å². The van der Waals surface area contributed by atoms with Crippen LogP contribution in [0.3, 0.4) is 0 Å². The topological polar surface area (TPSA) is 0 Å². The van der Waals surface area contributed by atoms with E-state index in [1.807, 2.05) is 0 Å². The van der Waals surface area contributed by atoms with E-state index in [0.29, 0.717) is 78.3 Å². The molecular formula is C90H116Si4. The lowest BCUT2D eigenvalue weighted by Crippen LogP contribution is -2.55. The third-order valence-corrected chi connectivity index (χ3v) is 51.5. The second-order valence-corrected chi connectivity index (χ2v) is 56.9. The molecule has 4 aliphatic carbocycles. The fourth-order valence-electron chi connectivity index (χ4n) is 22.4. The van der Waals surface area contributed by atoms with Crippen LogP contribution in [-0.2, 0) is 10.8 Å².